The summed E-state index contributed by atoms with van der Waals surface area (Å²) in [4.78, 5) is 38.2. The van der Waals surface area contributed by atoms with Crippen LogP contribution in [-0.4, -0.2) is 46.7 Å². The summed E-state index contributed by atoms with van der Waals surface area (Å²) in [6, 6.07) is 7.00. The van der Waals surface area contributed by atoms with Crippen LogP contribution in [0.2, 0.25) is 0 Å². The van der Waals surface area contributed by atoms with Crippen molar-refractivity contribution in [2.24, 2.45) is 5.92 Å². The van der Waals surface area contributed by atoms with Gasteiger partial charge in [-0.15, -0.1) is 0 Å². The van der Waals surface area contributed by atoms with E-state index >= 15 is 0 Å². The lowest BCUT2D eigenvalue weighted by Crippen LogP contribution is -2.45. The average molecular weight is 332 g/mol. The zero-order chi connectivity index (χ0) is 17.7. The second-order valence-electron chi connectivity index (χ2n) is 7.22. The van der Waals surface area contributed by atoms with Gasteiger partial charge in [-0.2, -0.15) is 0 Å². The molecular weight excluding hydrogens is 312 g/mol. The standard InChI is InChI=1S/C17H20N2O5/c1-16(2,3)24-15(23)19-8-11(13(20)21)17(9-19)10-6-4-5-7-12(10)18-14(17)22/h4-7,11H,8-9H2,1-3H3,(H,18,22)(H,20,21). The summed E-state index contributed by atoms with van der Waals surface area (Å²) in [5, 5.41) is 12.4. The highest BCUT2D eigenvalue weighted by atomic mass is 16.6. The molecule has 0 bridgehead atoms. The molecule has 1 fully saturated rings. The molecule has 2 heterocycles. The average Bonchev–Trinajstić information content (AvgIpc) is 2.99. The van der Waals surface area contributed by atoms with Crippen molar-refractivity contribution in [3.8, 4) is 0 Å². The molecule has 0 radical (unpaired) electrons. The number of ether oxygens (including phenoxy) is 1. The number of hydrogen-bond acceptors (Lipinski definition) is 4. The first-order chi connectivity index (χ1) is 11.1. The molecule has 2 amide bonds. The lowest BCUT2D eigenvalue weighted by atomic mass is 9.73. The van der Waals surface area contributed by atoms with Gasteiger partial charge in [-0.1, -0.05) is 18.2 Å². The number of carbonyl (C=O) groups excluding carboxylic acids is 2. The van der Waals surface area contributed by atoms with E-state index in [0.717, 1.165) is 0 Å². The summed E-state index contributed by atoms with van der Waals surface area (Å²) in [6.45, 7) is 5.14. The van der Waals surface area contributed by atoms with Crippen molar-refractivity contribution >= 4 is 23.7 Å². The topological polar surface area (TPSA) is 95.9 Å². The van der Waals surface area contributed by atoms with Gasteiger partial charge < -0.3 is 20.1 Å². The zero-order valence-electron chi connectivity index (χ0n) is 13.8. The fourth-order valence-electron chi connectivity index (χ4n) is 3.45. The van der Waals surface area contributed by atoms with Crippen molar-refractivity contribution in [2.75, 3.05) is 18.4 Å². The Bertz CT molecular complexity index is 724. The molecule has 2 unspecified atom stereocenters. The number of likely N-dealkylation sites (tertiary alicyclic amines) is 1. The Hall–Kier alpha value is -2.57. The minimum atomic E-state index is -1.28. The van der Waals surface area contributed by atoms with Crippen LogP contribution in [0.25, 0.3) is 0 Å². The third kappa shape index (κ3) is 2.40. The van der Waals surface area contributed by atoms with Crippen LogP contribution >= 0.6 is 0 Å². The van der Waals surface area contributed by atoms with Gasteiger partial charge in [-0.05, 0) is 32.4 Å². The van der Waals surface area contributed by atoms with Crippen molar-refractivity contribution in [3.05, 3.63) is 29.8 Å². The van der Waals surface area contributed by atoms with Crippen molar-refractivity contribution in [2.45, 2.75) is 31.8 Å². The number of aliphatic carboxylic acids is 1. The minimum Gasteiger partial charge on any atom is -0.481 e. The molecule has 0 saturated carbocycles. The van der Waals surface area contributed by atoms with E-state index in [-0.39, 0.29) is 19.0 Å². The van der Waals surface area contributed by atoms with Gasteiger partial charge in [-0.25, -0.2) is 4.79 Å². The van der Waals surface area contributed by atoms with E-state index in [0.29, 0.717) is 11.3 Å². The third-order valence-electron chi connectivity index (χ3n) is 4.45. The Morgan fingerprint density at radius 2 is 2.00 bits per heavy atom. The quantitative estimate of drug-likeness (QED) is 0.818. The smallest absolute Gasteiger partial charge is 0.410 e. The first-order valence-electron chi connectivity index (χ1n) is 7.77. The van der Waals surface area contributed by atoms with Crippen LogP contribution < -0.4 is 5.32 Å². The Morgan fingerprint density at radius 3 is 2.62 bits per heavy atom. The van der Waals surface area contributed by atoms with Gasteiger partial charge in [0, 0.05) is 18.8 Å². The van der Waals surface area contributed by atoms with Gasteiger partial charge in [0.15, 0.2) is 0 Å². The van der Waals surface area contributed by atoms with Crippen LogP contribution in [0.15, 0.2) is 24.3 Å². The highest BCUT2D eigenvalue weighted by molar-refractivity contribution is 6.09. The van der Waals surface area contributed by atoms with Crippen LogP contribution in [0, 0.1) is 5.92 Å². The molecule has 2 aliphatic rings. The predicted molar refractivity (Wildman–Crippen MR) is 85.7 cm³/mol. The molecule has 1 saturated heterocycles. The van der Waals surface area contributed by atoms with Crippen LogP contribution in [-0.2, 0) is 19.7 Å². The van der Waals surface area contributed by atoms with Gasteiger partial charge in [0.1, 0.15) is 11.0 Å². The van der Waals surface area contributed by atoms with Crippen LogP contribution in [0.5, 0.6) is 0 Å². The van der Waals surface area contributed by atoms with Crippen LogP contribution in [0.3, 0.4) is 0 Å². The molecule has 128 valence electrons. The molecule has 7 heteroatoms. The van der Waals surface area contributed by atoms with Gasteiger partial charge in [0.05, 0.1) is 5.92 Å². The molecule has 1 spiro atoms. The summed E-state index contributed by atoms with van der Waals surface area (Å²) in [6.07, 6.45) is -0.609. The van der Waals surface area contributed by atoms with Gasteiger partial charge in [0.25, 0.3) is 0 Å². The van der Waals surface area contributed by atoms with E-state index in [1.54, 1.807) is 45.0 Å². The second kappa shape index (κ2) is 5.22. The van der Waals surface area contributed by atoms with Crippen molar-refractivity contribution in [3.63, 3.8) is 0 Å². The molecule has 2 aliphatic heterocycles. The summed E-state index contributed by atoms with van der Waals surface area (Å²) >= 11 is 0. The number of anilines is 1. The molecule has 0 aliphatic carbocycles. The number of benzene rings is 1. The van der Waals surface area contributed by atoms with Crippen molar-refractivity contribution in [1.82, 2.24) is 4.90 Å². The molecule has 3 rings (SSSR count). The molecule has 0 aromatic heterocycles. The number of fused-ring (bicyclic) bond motifs is 2. The maximum Gasteiger partial charge on any atom is 0.410 e. The second-order valence-corrected chi connectivity index (χ2v) is 7.22. The number of nitrogens with zero attached hydrogens (tertiary/aromatic N) is 1. The molecular formula is C17H20N2O5. The van der Waals surface area contributed by atoms with E-state index in [9.17, 15) is 19.5 Å². The van der Waals surface area contributed by atoms with E-state index < -0.39 is 29.0 Å². The molecule has 2 atom stereocenters. The highest BCUT2D eigenvalue weighted by Gasteiger charge is 2.61. The molecule has 24 heavy (non-hydrogen) atoms. The third-order valence-corrected chi connectivity index (χ3v) is 4.45. The molecule has 1 aromatic carbocycles. The Kier molecular flexibility index (Phi) is 3.55. The zero-order valence-corrected chi connectivity index (χ0v) is 13.8. The number of carboxylic acids is 1. The lowest BCUT2D eigenvalue weighted by molar-refractivity contribution is -0.145. The van der Waals surface area contributed by atoms with E-state index in [1.807, 2.05) is 0 Å². The van der Waals surface area contributed by atoms with E-state index in [4.69, 9.17) is 4.74 Å². The number of hydrogen-bond donors (Lipinski definition) is 2. The Morgan fingerprint density at radius 1 is 1.33 bits per heavy atom. The number of para-hydroxylation sites is 1. The first-order valence-corrected chi connectivity index (χ1v) is 7.77. The predicted octanol–water partition coefficient (Wildman–Crippen LogP) is 1.83. The maximum atomic E-state index is 12.7. The van der Waals surface area contributed by atoms with E-state index in [1.165, 1.54) is 4.90 Å². The van der Waals surface area contributed by atoms with Gasteiger partial charge in [0.2, 0.25) is 5.91 Å². The minimum absolute atomic E-state index is 0.0122. The van der Waals surface area contributed by atoms with Gasteiger partial charge in [-0.3, -0.25) is 9.59 Å². The normalized spacial score (nSPS) is 25.5. The Balaban J connectivity index is 2.00. The number of nitrogens with one attached hydrogen (secondary N) is 1. The van der Waals surface area contributed by atoms with Crippen molar-refractivity contribution < 1.29 is 24.2 Å². The number of carbonyl (C=O) groups is 3. The monoisotopic (exact) mass is 332 g/mol. The number of amides is 2. The molecule has 7 nitrogen and oxygen atoms in total. The lowest BCUT2D eigenvalue weighted by Gasteiger charge is -2.26. The largest absolute Gasteiger partial charge is 0.481 e. The number of rotatable bonds is 1. The summed E-state index contributed by atoms with van der Waals surface area (Å²) in [7, 11) is 0. The van der Waals surface area contributed by atoms with Crippen LogP contribution in [0.1, 0.15) is 26.3 Å². The Labute approximate surface area is 139 Å². The summed E-state index contributed by atoms with van der Waals surface area (Å²) in [5.74, 6) is -2.51. The van der Waals surface area contributed by atoms with Gasteiger partial charge >= 0.3 is 12.1 Å². The van der Waals surface area contributed by atoms with E-state index in [2.05, 4.69) is 5.32 Å². The fourth-order valence-corrected chi connectivity index (χ4v) is 3.45. The summed E-state index contributed by atoms with van der Waals surface area (Å²) in [5.41, 5.74) is -0.756. The summed E-state index contributed by atoms with van der Waals surface area (Å²) < 4.78 is 5.34. The van der Waals surface area contributed by atoms with Crippen molar-refractivity contribution in [1.29, 1.82) is 0 Å². The highest BCUT2D eigenvalue weighted by Crippen LogP contribution is 2.47. The number of carboxylic acid groups (broad SMARTS) is 1. The maximum absolute atomic E-state index is 12.7. The SMILES string of the molecule is CC(C)(C)OC(=O)N1CC(C(=O)O)C2(C1)C(=O)Nc1ccccc12. The fraction of sp³-hybridized carbons (Fsp3) is 0.471. The first kappa shape index (κ1) is 16.3. The van der Waals surface area contributed by atoms with Crippen LogP contribution in [0.4, 0.5) is 10.5 Å². The molecule has 1 aromatic rings. The molecule has 2 N–H and O–H groups in total.